The third kappa shape index (κ3) is 5.77. The minimum atomic E-state index is -0.470. The molecular formula is C21H20N4O4. The first-order valence-corrected chi connectivity index (χ1v) is 8.96. The molecule has 8 heteroatoms. The van der Waals surface area contributed by atoms with Crippen molar-refractivity contribution in [3.8, 4) is 5.75 Å². The number of nitrogens with zero attached hydrogens (tertiary/aromatic N) is 2. The van der Waals surface area contributed by atoms with Gasteiger partial charge in [0.25, 0.3) is 11.5 Å². The Morgan fingerprint density at radius 2 is 1.69 bits per heavy atom. The fraction of sp³-hybridized carbons (Fsp3) is 0.143. The summed E-state index contributed by atoms with van der Waals surface area (Å²) in [5.74, 6) is 0.0103. The van der Waals surface area contributed by atoms with E-state index in [1.807, 2.05) is 30.3 Å². The van der Waals surface area contributed by atoms with Gasteiger partial charge in [-0.1, -0.05) is 24.3 Å². The zero-order chi connectivity index (χ0) is 20.6. The SMILES string of the molecule is CC(=O)Nc1cccc(NC(=O)c2ccc(=O)n(CCOc3ccccc3)n2)c1. The highest BCUT2D eigenvalue weighted by Gasteiger charge is 2.11. The molecule has 2 amide bonds. The summed E-state index contributed by atoms with van der Waals surface area (Å²) in [6.45, 7) is 1.84. The largest absolute Gasteiger partial charge is 0.492 e. The van der Waals surface area contributed by atoms with Gasteiger partial charge in [0.15, 0.2) is 0 Å². The van der Waals surface area contributed by atoms with Crippen LogP contribution in [-0.4, -0.2) is 28.2 Å². The molecule has 2 N–H and O–H groups in total. The molecule has 0 aliphatic rings. The van der Waals surface area contributed by atoms with Crippen LogP contribution < -0.4 is 20.9 Å². The highest BCUT2D eigenvalue weighted by molar-refractivity contribution is 6.03. The first kappa shape index (κ1) is 19.8. The number of rotatable bonds is 7. The van der Waals surface area contributed by atoms with Crippen molar-refractivity contribution in [1.29, 1.82) is 0 Å². The average Bonchev–Trinajstić information content (AvgIpc) is 2.70. The van der Waals surface area contributed by atoms with Gasteiger partial charge in [0.05, 0.1) is 6.54 Å². The summed E-state index contributed by atoms with van der Waals surface area (Å²) < 4.78 is 6.76. The molecular weight excluding hydrogens is 372 g/mol. The van der Waals surface area contributed by atoms with E-state index in [9.17, 15) is 14.4 Å². The van der Waals surface area contributed by atoms with Gasteiger partial charge in [-0.05, 0) is 36.4 Å². The average molecular weight is 392 g/mol. The van der Waals surface area contributed by atoms with Gasteiger partial charge in [0.1, 0.15) is 18.1 Å². The quantitative estimate of drug-likeness (QED) is 0.643. The van der Waals surface area contributed by atoms with Crippen LogP contribution in [0.15, 0.2) is 71.5 Å². The third-order valence-corrected chi connectivity index (χ3v) is 3.86. The van der Waals surface area contributed by atoms with Gasteiger partial charge in [0, 0.05) is 24.4 Å². The summed E-state index contributed by atoms with van der Waals surface area (Å²) >= 11 is 0. The number of carbonyl (C=O) groups excluding carboxylic acids is 2. The Hall–Kier alpha value is -3.94. The van der Waals surface area contributed by atoms with Crippen molar-refractivity contribution < 1.29 is 14.3 Å². The summed E-state index contributed by atoms with van der Waals surface area (Å²) in [6, 6.07) is 18.6. The van der Waals surface area contributed by atoms with E-state index < -0.39 is 5.91 Å². The van der Waals surface area contributed by atoms with E-state index in [-0.39, 0.29) is 30.3 Å². The van der Waals surface area contributed by atoms with Gasteiger partial charge in [-0.3, -0.25) is 14.4 Å². The lowest BCUT2D eigenvalue weighted by atomic mass is 10.2. The predicted molar refractivity (Wildman–Crippen MR) is 109 cm³/mol. The number of amides is 2. The highest BCUT2D eigenvalue weighted by Crippen LogP contribution is 2.15. The van der Waals surface area contributed by atoms with Crippen LogP contribution in [0.5, 0.6) is 5.75 Å². The maximum absolute atomic E-state index is 12.5. The Kier molecular flexibility index (Phi) is 6.36. The number of aromatic nitrogens is 2. The monoisotopic (exact) mass is 392 g/mol. The maximum atomic E-state index is 12.5. The molecule has 0 saturated heterocycles. The molecule has 0 aliphatic heterocycles. The minimum absolute atomic E-state index is 0.0919. The minimum Gasteiger partial charge on any atom is -0.492 e. The van der Waals surface area contributed by atoms with Gasteiger partial charge in [-0.25, -0.2) is 4.68 Å². The van der Waals surface area contributed by atoms with Crippen LogP contribution in [0.2, 0.25) is 0 Å². The smallest absolute Gasteiger partial charge is 0.276 e. The Balaban J connectivity index is 1.66. The van der Waals surface area contributed by atoms with E-state index >= 15 is 0 Å². The molecule has 0 fully saturated rings. The van der Waals surface area contributed by atoms with Crippen molar-refractivity contribution in [3.63, 3.8) is 0 Å². The molecule has 8 nitrogen and oxygen atoms in total. The molecule has 0 bridgehead atoms. The zero-order valence-electron chi connectivity index (χ0n) is 15.8. The second-order valence-electron chi connectivity index (χ2n) is 6.16. The number of para-hydroxylation sites is 1. The fourth-order valence-electron chi connectivity index (χ4n) is 2.57. The molecule has 148 valence electrons. The lowest BCUT2D eigenvalue weighted by molar-refractivity contribution is -0.114. The van der Waals surface area contributed by atoms with Crippen LogP contribution in [0.25, 0.3) is 0 Å². The molecule has 1 aromatic heterocycles. The number of nitrogens with one attached hydrogen (secondary N) is 2. The zero-order valence-corrected chi connectivity index (χ0v) is 15.8. The van der Waals surface area contributed by atoms with Crippen LogP contribution in [0.1, 0.15) is 17.4 Å². The van der Waals surface area contributed by atoms with Crippen LogP contribution in [-0.2, 0) is 11.3 Å². The molecule has 0 unspecified atom stereocenters. The van der Waals surface area contributed by atoms with Crippen molar-refractivity contribution in [2.45, 2.75) is 13.5 Å². The van der Waals surface area contributed by atoms with Crippen molar-refractivity contribution in [2.75, 3.05) is 17.2 Å². The predicted octanol–water partition coefficient (Wildman–Crippen LogP) is 2.53. The molecule has 0 spiro atoms. The van der Waals surface area contributed by atoms with E-state index in [1.54, 1.807) is 24.3 Å². The molecule has 0 atom stereocenters. The van der Waals surface area contributed by atoms with Crippen LogP contribution >= 0.6 is 0 Å². The Bertz CT molecular complexity index is 1060. The standard InChI is InChI=1S/C21H20N4O4/c1-15(26)22-16-6-5-7-17(14-16)23-21(28)19-10-11-20(27)25(24-19)12-13-29-18-8-3-2-4-9-18/h2-11,14H,12-13H2,1H3,(H,22,26)(H,23,28). The number of benzene rings is 2. The summed E-state index contributed by atoms with van der Waals surface area (Å²) in [7, 11) is 0. The topological polar surface area (TPSA) is 102 Å². The maximum Gasteiger partial charge on any atom is 0.276 e. The van der Waals surface area contributed by atoms with Crippen LogP contribution in [0.4, 0.5) is 11.4 Å². The first-order valence-electron chi connectivity index (χ1n) is 8.96. The molecule has 0 radical (unpaired) electrons. The number of ether oxygens (including phenoxy) is 1. The number of carbonyl (C=O) groups is 2. The van der Waals surface area contributed by atoms with Crippen molar-refractivity contribution in [3.05, 3.63) is 82.8 Å². The van der Waals surface area contributed by atoms with Gasteiger partial charge < -0.3 is 15.4 Å². The highest BCUT2D eigenvalue weighted by atomic mass is 16.5. The number of hydrogen-bond donors (Lipinski definition) is 2. The summed E-state index contributed by atoms with van der Waals surface area (Å²) in [6.07, 6.45) is 0. The van der Waals surface area contributed by atoms with Crippen molar-refractivity contribution in [2.24, 2.45) is 0 Å². The second-order valence-corrected chi connectivity index (χ2v) is 6.16. The molecule has 1 heterocycles. The van der Waals surface area contributed by atoms with Crippen LogP contribution in [0.3, 0.4) is 0 Å². The van der Waals surface area contributed by atoms with E-state index in [2.05, 4.69) is 15.7 Å². The molecule has 3 rings (SSSR count). The first-order chi connectivity index (χ1) is 14.0. The Labute approximate surface area is 167 Å². The number of hydrogen-bond acceptors (Lipinski definition) is 5. The van der Waals surface area contributed by atoms with Gasteiger partial charge in [0.2, 0.25) is 5.91 Å². The van der Waals surface area contributed by atoms with Crippen molar-refractivity contribution in [1.82, 2.24) is 9.78 Å². The van der Waals surface area contributed by atoms with E-state index in [1.165, 1.54) is 23.7 Å². The van der Waals surface area contributed by atoms with E-state index in [4.69, 9.17) is 4.74 Å². The fourth-order valence-corrected chi connectivity index (χ4v) is 2.57. The van der Waals surface area contributed by atoms with E-state index in [0.717, 1.165) is 0 Å². The molecule has 29 heavy (non-hydrogen) atoms. The summed E-state index contributed by atoms with van der Waals surface area (Å²) in [5, 5.41) is 9.46. The van der Waals surface area contributed by atoms with Gasteiger partial charge in [-0.2, -0.15) is 5.10 Å². The molecule has 0 aliphatic carbocycles. The lowest BCUT2D eigenvalue weighted by Crippen LogP contribution is -2.28. The van der Waals surface area contributed by atoms with E-state index in [0.29, 0.717) is 17.1 Å². The lowest BCUT2D eigenvalue weighted by Gasteiger charge is -2.10. The van der Waals surface area contributed by atoms with Crippen molar-refractivity contribution >= 4 is 23.2 Å². The normalized spacial score (nSPS) is 10.2. The third-order valence-electron chi connectivity index (χ3n) is 3.86. The van der Waals surface area contributed by atoms with Gasteiger partial charge >= 0.3 is 0 Å². The molecule has 3 aromatic rings. The second kappa shape index (κ2) is 9.32. The summed E-state index contributed by atoms with van der Waals surface area (Å²) in [5.41, 5.74) is 0.819. The molecule has 2 aromatic carbocycles. The molecule has 0 saturated carbocycles. The number of anilines is 2. The summed E-state index contributed by atoms with van der Waals surface area (Å²) in [4.78, 5) is 35.7. The van der Waals surface area contributed by atoms with Gasteiger partial charge in [-0.15, -0.1) is 0 Å². The van der Waals surface area contributed by atoms with Crippen LogP contribution in [0, 0.1) is 0 Å². The Morgan fingerprint density at radius 3 is 2.41 bits per heavy atom. The Morgan fingerprint density at radius 1 is 0.966 bits per heavy atom.